The second kappa shape index (κ2) is 5.61. The smallest absolute Gasteiger partial charge is 0.255 e. The van der Waals surface area contributed by atoms with Crippen molar-refractivity contribution < 1.29 is 9.21 Å². The SMILES string of the molecule is Cc1ccc(C(=O)N(C)Cc2ccoc2C)c(Br)c1. The summed E-state index contributed by atoms with van der Waals surface area (Å²) in [4.78, 5) is 14.1. The summed E-state index contributed by atoms with van der Waals surface area (Å²) in [6.45, 7) is 4.44. The van der Waals surface area contributed by atoms with Gasteiger partial charge in [0.25, 0.3) is 5.91 Å². The van der Waals surface area contributed by atoms with Crippen LogP contribution >= 0.6 is 15.9 Å². The summed E-state index contributed by atoms with van der Waals surface area (Å²) in [6, 6.07) is 7.63. The lowest BCUT2D eigenvalue weighted by Crippen LogP contribution is -2.26. The average molecular weight is 322 g/mol. The van der Waals surface area contributed by atoms with Crippen molar-refractivity contribution in [3.05, 3.63) is 57.5 Å². The predicted molar refractivity (Wildman–Crippen MR) is 78.1 cm³/mol. The van der Waals surface area contributed by atoms with Gasteiger partial charge in [0.05, 0.1) is 11.8 Å². The number of carbonyl (C=O) groups excluding carboxylic acids is 1. The van der Waals surface area contributed by atoms with E-state index in [0.717, 1.165) is 21.4 Å². The summed E-state index contributed by atoms with van der Waals surface area (Å²) in [5, 5.41) is 0. The van der Waals surface area contributed by atoms with Gasteiger partial charge < -0.3 is 9.32 Å². The lowest BCUT2D eigenvalue weighted by atomic mass is 10.1. The highest BCUT2D eigenvalue weighted by Crippen LogP contribution is 2.21. The summed E-state index contributed by atoms with van der Waals surface area (Å²) in [7, 11) is 1.79. The van der Waals surface area contributed by atoms with Crippen LogP contribution in [-0.2, 0) is 6.54 Å². The van der Waals surface area contributed by atoms with Gasteiger partial charge in [-0.1, -0.05) is 6.07 Å². The second-order valence-corrected chi connectivity index (χ2v) is 5.50. The van der Waals surface area contributed by atoms with Crippen molar-refractivity contribution >= 4 is 21.8 Å². The second-order valence-electron chi connectivity index (χ2n) is 4.65. The maximum absolute atomic E-state index is 12.4. The minimum atomic E-state index is -0.00697. The molecule has 0 N–H and O–H groups in total. The first-order valence-corrected chi connectivity index (χ1v) is 6.83. The Kier molecular flexibility index (Phi) is 4.10. The van der Waals surface area contributed by atoms with Gasteiger partial charge in [0, 0.05) is 23.6 Å². The Labute approximate surface area is 121 Å². The third kappa shape index (κ3) is 3.07. The first-order chi connectivity index (χ1) is 8.99. The molecule has 2 rings (SSSR count). The van der Waals surface area contributed by atoms with Crippen LogP contribution in [0.3, 0.4) is 0 Å². The van der Waals surface area contributed by atoms with E-state index in [1.54, 1.807) is 18.2 Å². The van der Waals surface area contributed by atoms with Crippen LogP contribution in [0.1, 0.15) is 27.2 Å². The molecule has 0 fully saturated rings. The number of nitrogens with zero attached hydrogens (tertiary/aromatic N) is 1. The van der Waals surface area contributed by atoms with E-state index in [9.17, 15) is 4.79 Å². The maximum atomic E-state index is 12.4. The van der Waals surface area contributed by atoms with Gasteiger partial charge in [-0.3, -0.25) is 4.79 Å². The van der Waals surface area contributed by atoms with Gasteiger partial charge in [0.2, 0.25) is 0 Å². The van der Waals surface area contributed by atoms with Gasteiger partial charge in [-0.25, -0.2) is 0 Å². The van der Waals surface area contributed by atoms with Crippen molar-refractivity contribution in [2.75, 3.05) is 7.05 Å². The zero-order chi connectivity index (χ0) is 14.0. The van der Waals surface area contributed by atoms with E-state index in [4.69, 9.17) is 4.42 Å². The van der Waals surface area contributed by atoms with Crippen LogP contribution in [0.2, 0.25) is 0 Å². The fourth-order valence-electron chi connectivity index (χ4n) is 1.90. The van der Waals surface area contributed by atoms with Crippen LogP contribution < -0.4 is 0 Å². The van der Waals surface area contributed by atoms with Crippen molar-refractivity contribution in [3.63, 3.8) is 0 Å². The number of aryl methyl sites for hydroxylation is 2. The van der Waals surface area contributed by atoms with Crippen LogP contribution in [0.15, 0.2) is 39.4 Å². The number of hydrogen-bond acceptors (Lipinski definition) is 2. The predicted octanol–water partition coefficient (Wildman–Crippen LogP) is 3.93. The molecule has 19 heavy (non-hydrogen) atoms. The molecule has 0 aliphatic carbocycles. The zero-order valence-electron chi connectivity index (χ0n) is 11.2. The van der Waals surface area contributed by atoms with Crippen LogP contribution in [0.25, 0.3) is 0 Å². The number of halogens is 1. The highest BCUT2D eigenvalue weighted by Gasteiger charge is 2.16. The van der Waals surface area contributed by atoms with Crippen molar-refractivity contribution in [2.24, 2.45) is 0 Å². The minimum Gasteiger partial charge on any atom is -0.469 e. The minimum absolute atomic E-state index is 0.00697. The molecule has 0 radical (unpaired) electrons. The van der Waals surface area contributed by atoms with Gasteiger partial charge >= 0.3 is 0 Å². The van der Waals surface area contributed by atoms with Crippen LogP contribution in [0.5, 0.6) is 0 Å². The van der Waals surface area contributed by atoms with E-state index >= 15 is 0 Å². The number of rotatable bonds is 3. The molecule has 0 saturated carbocycles. The lowest BCUT2D eigenvalue weighted by Gasteiger charge is -2.17. The Morgan fingerprint density at radius 2 is 2.05 bits per heavy atom. The van der Waals surface area contributed by atoms with Crippen molar-refractivity contribution in [2.45, 2.75) is 20.4 Å². The summed E-state index contributed by atoms with van der Waals surface area (Å²) in [5.74, 6) is 0.843. The topological polar surface area (TPSA) is 33.5 Å². The number of carbonyl (C=O) groups is 1. The highest BCUT2D eigenvalue weighted by atomic mass is 79.9. The van der Waals surface area contributed by atoms with E-state index in [1.807, 2.05) is 38.1 Å². The molecule has 0 aliphatic heterocycles. The molecule has 1 heterocycles. The Bertz CT molecular complexity index is 604. The Hall–Kier alpha value is -1.55. The number of amides is 1. The molecule has 0 bridgehead atoms. The van der Waals surface area contributed by atoms with Crippen LogP contribution in [0, 0.1) is 13.8 Å². The maximum Gasteiger partial charge on any atom is 0.255 e. The van der Waals surface area contributed by atoms with E-state index in [1.165, 1.54) is 0 Å². The molecular weight excluding hydrogens is 306 g/mol. The Morgan fingerprint density at radius 1 is 1.32 bits per heavy atom. The van der Waals surface area contributed by atoms with E-state index in [0.29, 0.717) is 12.1 Å². The average Bonchev–Trinajstić information content (AvgIpc) is 2.74. The number of hydrogen-bond donors (Lipinski definition) is 0. The van der Waals surface area contributed by atoms with E-state index in [-0.39, 0.29) is 5.91 Å². The summed E-state index contributed by atoms with van der Waals surface area (Å²) in [6.07, 6.45) is 1.64. The molecule has 1 amide bonds. The number of furan rings is 1. The quantitative estimate of drug-likeness (QED) is 0.858. The Morgan fingerprint density at radius 3 is 2.63 bits per heavy atom. The van der Waals surface area contributed by atoms with Crippen molar-refractivity contribution in [1.82, 2.24) is 4.90 Å². The molecule has 1 aromatic carbocycles. The molecule has 0 saturated heterocycles. The lowest BCUT2D eigenvalue weighted by molar-refractivity contribution is 0.0784. The molecule has 1 aromatic heterocycles. The largest absolute Gasteiger partial charge is 0.469 e. The first-order valence-electron chi connectivity index (χ1n) is 6.03. The molecule has 0 aliphatic rings. The first kappa shape index (κ1) is 13.9. The van der Waals surface area contributed by atoms with Gasteiger partial charge in [-0.2, -0.15) is 0 Å². The normalized spacial score (nSPS) is 10.5. The number of benzene rings is 1. The third-order valence-electron chi connectivity index (χ3n) is 3.08. The van der Waals surface area contributed by atoms with Gasteiger partial charge in [-0.15, -0.1) is 0 Å². The fourth-order valence-corrected chi connectivity index (χ4v) is 2.56. The standard InChI is InChI=1S/C15H16BrNO2/c1-10-4-5-13(14(16)8-10)15(18)17(3)9-12-6-7-19-11(12)2/h4-8H,9H2,1-3H3. The molecule has 0 spiro atoms. The van der Waals surface area contributed by atoms with Gasteiger partial charge in [-0.05, 0) is 53.5 Å². The van der Waals surface area contributed by atoms with E-state index in [2.05, 4.69) is 15.9 Å². The third-order valence-corrected chi connectivity index (χ3v) is 3.73. The zero-order valence-corrected chi connectivity index (χ0v) is 12.8. The fraction of sp³-hybridized carbons (Fsp3) is 0.267. The van der Waals surface area contributed by atoms with Gasteiger partial charge in [0.1, 0.15) is 5.76 Å². The monoisotopic (exact) mass is 321 g/mol. The Balaban J connectivity index is 2.17. The molecule has 3 nitrogen and oxygen atoms in total. The molecule has 0 atom stereocenters. The summed E-state index contributed by atoms with van der Waals surface area (Å²) < 4.78 is 6.07. The molecular formula is C15H16BrNO2. The van der Waals surface area contributed by atoms with Crippen molar-refractivity contribution in [1.29, 1.82) is 0 Å². The molecule has 100 valence electrons. The van der Waals surface area contributed by atoms with Crippen molar-refractivity contribution in [3.8, 4) is 0 Å². The highest BCUT2D eigenvalue weighted by molar-refractivity contribution is 9.10. The molecule has 4 heteroatoms. The summed E-state index contributed by atoms with van der Waals surface area (Å²) in [5.41, 5.74) is 2.82. The summed E-state index contributed by atoms with van der Waals surface area (Å²) >= 11 is 3.44. The molecule has 0 unspecified atom stereocenters. The molecule has 2 aromatic rings. The van der Waals surface area contributed by atoms with E-state index < -0.39 is 0 Å². The van der Waals surface area contributed by atoms with Gasteiger partial charge in [0.15, 0.2) is 0 Å². The van der Waals surface area contributed by atoms with Crippen LogP contribution in [0.4, 0.5) is 0 Å². The van der Waals surface area contributed by atoms with Crippen LogP contribution in [-0.4, -0.2) is 17.9 Å².